The molecule has 0 amide bonds. The summed E-state index contributed by atoms with van der Waals surface area (Å²) in [6.07, 6.45) is 3.40. The molecule has 1 N–H and O–H groups in total. The number of hydrogen-bond donors (Lipinski definition) is 1. The van der Waals surface area contributed by atoms with Crippen LogP contribution in [0.5, 0.6) is 0 Å². The fourth-order valence-electron chi connectivity index (χ4n) is 2.90. The Balaban J connectivity index is 2.06. The molecule has 0 aliphatic carbocycles. The Morgan fingerprint density at radius 2 is 2.24 bits per heavy atom. The highest BCUT2D eigenvalue weighted by atomic mass is 35.5. The van der Waals surface area contributed by atoms with E-state index in [9.17, 15) is 0 Å². The normalized spacial score (nSPS) is 22.6. The van der Waals surface area contributed by atoms with E-state index in [1.54, 1.807) is 7.11 Å². The average Bonchev–Trinajstić information content (AvgIpc) is 2.48. The number of halogens is 1. The highest BCUT2D eigenvalue weighted by Gasteiger charge is 2.31. The largest absolute Gasteiger partial charge is 0.377 e. The van der Waals surface area contributed by atoms with E-state index in [-0.39, 0.29) is 5.60 Å². The van der Waals surface area contributed by atoms with E-state index >= 15 is 0 Å². The van der Waals surface area contributed by atoms with Gasteiger partial charge in [-0.1, -0.05) is 24.6 Å². The minimum absolute atomic E-state index is 0.0665. The lowest BCUT2D eigenvalue weighted by molar-refractivity contribution is -0.00464. The maximum Gasteiger partial charge on any atom is 0.0825 e. The quantitative estimate of drug-likeness (QED) is 0.808. The summed E-state index contributed by atoms with van der Waals surface area (Å²) in [5, 5.41) is 4.25. The first-order valence-electron chi connectivity index (χ1n) is 7.87. The minimum atomic E-state index is -0.0665. The molecular formula is C17H27ClN2O. The van der Waals surface area contributed by atoms with Crippen molar-refractivity contribution in [2.24, 2.45) is 0 Å². The van der Waals surface area contributed by atoms with Crippen LogP contribution in [0.4, 0.5) is 5.69 Å². The molecule has 1 atom stereocenters. The third-order valence-corrected chi connectivity index (χ3v) is 4.56. The van der Waals surface area contributed by atoms with Gasteiger partial charge in [-0.15, -0.1) is 0 Å². The van der Waals surface area contributed by atoms with Gasteiger partial charge in [-0.05, 0) is 50.4 Å². The molecule has 1 aliphatic heterocycles. The van der Waals surface area contributed by atoms with E-state index in [1.165, 1.54) is 5.56 Å². The van der Waals surface area contributed by atoms with E-state index < -0.39 is 0 Å². The summed E-state index contributed by atoms with van der Waals surface area (Å²) in [4.78, 5) is 2.35. The number of ether oxygens (including phenoxy) is 1. The van der Waals surface area contributed by atoms with Crippen LogP contribution in [0.2, 0.25) is 5.02 Å². The van der Waals surface area contributed by atoms with Crippen LogP contribution in [0.3, 0.4) is 0 Å². The number of benzene rings is 1. The van der Waals surface area contributed by atoms with Crippen LogP contribution in [0.25, 0.3) is 0 Å². The van der Waals surface area contributed by atoms with E-state index in [1.807, 2.05) is 0 Å². The van der Waals surface area contributed by atoms with Gasteiger partial charge in [-0.3, -0.25) is 0 Å². The third-order valence-electron chi connectivity index (χ3n) is 4.26. The number of nitrogens with one attached hydrogen (secondary N) is 1. The van der Waals surface area contributed by atoms with Crippen molar-refractivity contribution in [3.63, 3.8) is 0 Å². The maximum absolute atomic E-state index is 6.50. The number of anilines is 1. The van der Waals surface area contributed by atoms with Crippen LogP contribution in [-0.4, -0.2) is 32.3 Å². The predicted molar refractivity (Wildman–Crippen MR) is 90.3 cm³/mol. The van der Waals surface area contributed by atoms with Crippen molar-refractivity contribution in [3.8, 4) is 0 Å². The van der Waals surface area contributed by atoms with Crippen molar-refractivity contribution < 1.29 is 4.74 Å². The number of hydrogen-bond acceptors (Lipinski definition) is 3. The first-order chi connectivity index (χ1) is 10.1. The molecule has 0 radical (unpaired) electrons. The zero-order valence-corrected chi connectivity index (χ0v) is 14.2. The van der Waals surface area contributed by atoms with Crippen LogP contribution in [0, 0.1) is 0 Å². The molecule has 1 fully saturated rings. The van der Waals surface area contributed by atoms with E-state index in [0.29, 0.717) is 0 Å². The predicted octanol–water partition coefficient (Wildman–Crippen LogP) is 3.84. The van der Waals surface area contributed by atoms with Gasteiger partial charge >= 0.3 is 0 Å². The third kappa shape index (κ3) is 4.35. The molecule has 2 rings (SSSR count). The summed E-state index contributed by atoms with van der Waals surface area (Å²) in [6, 6.07) is 6.40. The smallest absolute Gasteiger partial charge is 0.0825 e. The molecule has 1 aromatic carbocycles. The van der Waals surface area contributed by atoms with Crippen molar-refractivity contribution in [1.29, 1.82) is 0 Å². The lowest BCUT2D eigenvalue weighted by Gasteiger charge is -2.41. The molecule has 1 unspecified atom stereocenters. The minimum Gasteiger partial charge on any atom is -0.377 e. The fraction of sp³-hybridized carbons (Fsp3) is 0.647. The molecule has 3 nitrogen and oxygen atoms in total. The maximum atomic E-state index is 6.50. The first-order valence-corrected chi connectivity index (χ1v) is 8.25. The van der Waals surface area contributed by atoms with Crippen molar-refractivity contribution in [1.82, 2.24) is 5.32 Å². The van der Waals surface area contributed by atoms with Gasteiger partial charge in [0, 0.05) is 26.7 Å². The average molecular weight is 311 g/mol. The molecular weight excluding hydrogens is 284 g/mol. The van der Waals surface area contributed by atoms with Gasteiger partial charge in [0.15, 0.2) is 0 Å². The Morgan fingerprint density at radius 3 is 2.90 bits per heavy atom. The monoisotopic (exact) mass is 310 g/mol. The van der Waals surface area contributed by atoms with Gasteiger partial charge in [-0.2, -0.15) is 0 Å². The number of methoxy groups -OCH3 is 1. The molecule has 0 spiro atoms. The van der Waals surface area contributed by atoms with Gasteiger partial charge in [-0.25, -0.2) is 0 Å². The zero-order valence-electron chi connectivity index (χ0n) is 13.4. The Labute approximate surface area is 133 Å². The van der Waals surface area contributed by atoms with E-state index in [0.717, 1.165) is 56.2 Å². The molecule has 21 heavy (non-hydrogen) atoms. The second-order valence-corrected chi connectivity index (χ2v) is 6.55. The summed E-state index contributed by atoms with van der Waals surface area (Å²) in [7, 11) is 1.80. The Kier molecular flexibility index (Phi) is 5.91. The van der Waals surface area contributed by atoms with Crippen LogP contribution >= 0.6 is 11.6 Å². The standard InChI is InChI=1S/C17H27ClN2O/c1-4-9-19-12-14-6-7-16(15(18)11-14)20-10-5-8-17(2,13-20)21-3/h6-7,11,19H,4-5,8-10,12-13H2,1-3H3. The summed E-state index contributed by atoms with van der Waals surface area (Å²) in [5.41, 5.74) is 2.30. The molecule has 0 saturated carbocycles. The van der Waals surface area contributed by atoms with Gasteiger partial charge in [0.25, 0.3) is 0 Å². The molecule has 0 bridgehead atoms. The van der Waals surface area contributed by atoms with Crippen LogP contribution < -0.4 is 10.2 Å². The van der Waals surface area contributed by atoms with Crippen LogP contribution in [0.15, 0.2) is 18.2 Å². The molecule has 0 aromatic heterocycles. The highest BCUT2D eigenvalue weighted by Crippen LogP contribution is 2.33. The van der Waals surface area contributed by atoms with Gasteiger partial charge in [0.2, 0.25) is 0 Å². The molecule has 1 aliphatic rings. The van der Waals surface area contributed by atoms with Crippen LogP contribution in [0.1, 0.15) is 38.7 Å². The summed E-state index contributed by atoms with van der Waals surface area (Å²) in [6.45, 7) is 8.21. The van der Waals surface area contributed by atoms with Crippen molar-refractivity contribution >= 4 is 17.3 Å². The number of rotatable bonds is 6. The Morgan fingerprint density at radius 1 is 1.43 bits per heavy atom. The summed E-state index contributed by atoms with van der Waals surface area (Å²) >= 11 is 6.50. The molecule has 1 saturated heterocycles. The Bertz CT molecular complexity index is 466. The fourth-order valence-corrected chi connectivity index (χ4v) is 3.23. The molecule has 118 valence electrons. The lowest BCUT2D eigenvalue weighted by Crippen LogP contribution is -2.47. The molecule has 1 heterocycles. The number of nitrogens with zero attached hydrogens (tertiary/aromatic N) is 1. The van der Waals surface area contributed by atoms with Crippen LogP contribution in [-0.2, 0) is 11.3 Å². The lowest BCUT2D eigenvalue weighted by atomic mass is 9.94. The van der Waals surface area contributed by atoms with Crippen molar-refractivity contribution in [2.45, 2.75) is 45.3 Å². The van der Waals surface area contributed by atoms with Gasteiger partial charge < -0.3 is 15.0 Å². The molecule has 4 heteroatoms. The Hall–Kier alpha value is -0.770. The topological polar surface area (TPSA) is 24.5 Å². The summed E-state index contributed by atoms with van der Waals surface area (Å²) in [5.74, 6) is 0. The molecule has 1 aromatic rings. The van der Waals surface area contributed by atoms with E-state index in [2.05, 4.69) is 42.3 Å². The van der Waals surface area contributed by atoms with E-state index in [4.69, 9.17) is 16.3 Å². The summed E-state index contributed by atoms with van der Waals surface area (Å²) < 4.78 is 5.66. The van der Waals surface area contributed by atoms with Gasteiger partial charge in [0.05, 0.1) is 16.3 Å². The SMILES string of the molecule is CCCNCc1ccc(N2CCCC(C)(OC)C2)c(Cl)c1. The second kappa shape index (κ2) is 7.48. The van der Waals surface area contributed by atoms with Crippen molar-refractivity contribution in [3.05, 3.63) is 28.8 Å². The highest BCUT2D eigenvalue weighted by molar-refractivity contribution is 6.33. The zero-order chi connectivity index (χ0) is 15.3. The number of piperidine rings is 1. The van der Waals surface area contributed by atoms with Gasteiger partial charge in [0.1, 0.15) is 0 Å². The van der Waals surface area contributed by atoms with Crippen molar-refractivity contribution in [2.75, 3.05) is 31.6 Å². The first kappa shape index (κ1) is 16.6. The second-order valence-electron chi connectivity index (χ2n) is 6.14.